The summed E-state index contributed by atoms with van der Waals surface area (Å²) >= 11 is 0. The van der Waals surface area contributed by atoms with Crippen molar-refractivity contribution in [3.63, 3.8) is 0 Å². The summed E-state index contributed by atoms with van der Waals surface area (Å²) in [7, 11) is -1.81. The molecule has 2 aromatic rings. The molecule has 0 saturated carbocycles. The number of aliphatic imine (C=N–C) groups is 1. The minimum atomic E-state index is -3.49. The summed E-state index contributed by atoms with van der Waals surface area (Å²) in [5.74, 6) is 0.628. The Bertz CT molecular complexity index is 846. The minimum Gasteiger partial charge on any atom is -0.355 e. The van der Waals surface area contributed by atoms with Gasteiger partial charge >= 0.3 is 0 Å². The molecule has 0 radical (unpaired) electrons. The van der Waals surface area contributed by atoms with Crippen molar-refractivity contribution in [2.24, 2.45) is 4.99 Å². The molecule has 0 atom stereocenters. The fourth-order valence-electron chi connectivity index (χ4n) is 2.38. The number of aryl methyl sites for hydroxylation is 2. The zero-order valence-corrected chi connectivity index (χ0v) is 16.2. The quantitative estimate of drug-likeness (QED) is 0.393. The highest BCUT2D eigenvalue weighted by Crippen LogP contribution is 2.09. The number of rotatable bonds is 7. The van der Waals surface area contributed by atoms with Crippen molar-refractivity contribution >= 4 is 16.0 Å². The van der Waals surface area contributed by atoms with Crippen molar-refractivity contribution in [3.8, 4) is 0 Å². The van der Waals surface area contributed by atoms with Gasteiger partial charge in [0.1, 0.15) is 0 Å². The van der Waals surface area contributed by atoms with E-state index >= 15 is 0 Å². The summed E-state index contributed by atoms with van der Waals surface area (Å²) in [4.78, 5) is 4.42. The van der Waals surface area contributed by atoms with Gasteiger partial charge in [-0.15, -0.1) is 0 Å². The average molecular weight is 375 g/mol. The lowest BCUT2D eigenvalue weighted by Gasteiger charge is -2.13. The number of benzene rings is 2. The van der Waals surface area contributed by atoms with E-state index in [9.17, 15) is 8.42 Å². The number of guanidine groups is 1. The minimum absolute atomic E-state index is 0.265. The monoisotopic (exact) mass is 374 g/mol. The van der Waals surface area contributed by atoms with Gasteiger partial charge in [0.2, 0.25) is 10.0 Å². The Hall–Kier alpha value is -2.38. The molecule has 0 fully saturated rings. The second-order valence-corrected chi connectivity index (χ2v) is 7.76. The van der Waals surface area contributed by atoms with E-state index in [1.807, 2.05) is 19.1 Å². The Morgan fingerprint density at radius 2 is 1.65 bits per heavy atom. The van der Waals surface area contributed by atoms with Gasteiger partial charge in [-0.3, -0.25) is 4.99 Å². The van der Waals surface area contributed by atoms with Gasteiger partial charge in [0.25, 0.3) is 0 Å². The Balaban J connectivity index is 1.78. The lowest BCUT2D eigenvalue weighted by molar-refractivity contribution is 0.580. The van der Waals surface area contributed by atoms with Crippen molar-refractivity contribution in [1.29, 1.82) is 0 Å². The van der Waals surface area contributed by atoms with Crippen molar-refractivity contribution in [3.05, 3.63) is 65.2 Å². The highest BCUT2D eigenvalue weighted by Gasteiger charge is 2.12. The molecule has 0 bridgehead atoms. The number of nitrogens with one attached hydrogen (secondary N) is 3. The summed E-state index contributed by atoms with van der Waals surface area (Å²) in [5, 5.41) is 6.33. The van der Waals surface area contributed by atoms with Crippen LogP contribution in [-0.4, -0.2) is 34.5 Å². The van der Waals surface area contributed by atoms with Crippen molar-refractivity contribution in [2.45, 2.75) is 25.3 Å². The fourth-order valence-corrected chi connectivity index (χ4v) is 3.41. The Morgan fingerprint density at radius 1 is 0.962 bits per heavy atom. The Kier molecular flexibility index (Phi) is 7.17. The highest BCUT2D eigenvalue weighted by molar-refractivity contribution is 7.89. The summed E-state index contributed by atoms with van der Waals surface area (Å²) in [6, 6.07) is 14.9. The molecular weight excluding hydrogens is 348 g/mol. The zero-order valence-electron chi connectivity index (χ0n) is 15.4. The molecule has 0 aromatic heterocycles. The van der Waals surface area contributed by atoms with Gasteiger partial charge < -0.3 is 10.6 Å². The lowest BCUT2D eigenvalue weighted by atomic mass is 10.1. The molecule has 0 aliphatic rings. The van der Waals surface area contributed by atoms with Gasteiger partial charge in [-0.1, -0.05) is 42.0 Å². The SMILES string of the molecule is CN=C(NCCNS(=O)(=O)c1ccc(C)cc1)NCc1ccccc1C. The van der Waals surface area contributed by atoms with E-state index in [1.54, 1.807) is 31.3 Å². The van der Waals surface area contributed by atoms with Gasteiger partial charge in [0, 0.05) is 26.7 Å². The van der Waals surface area contributed by atoms with E-state index in [0.29, 0.717) is 19.0 Å². The van der Waals surface area contributed by atoms with Crippen LogP contribution in [0.1, 0.15) is 16.7 Å². The topological polar surface area (TPSA) is 82.6 Å². The molecule has 0 amide bonds. The van der Waals surface area contributed by atoms with Gasteiger partial charge in [0.15, 0.2) is 5.96 Å². The standard InChI is InChI=1S/C19H26N4O2S/c1-15-8-10-18(11-9-15)26(24,25)23-13-12-21-19(20-3)22-14-17-7-5-4-6-16(17)2/h4-11,23H,12-14H2,1-3H3,(H2,20,21,22). The number of nitrogens with zero attached hydrogens (tertiary/aromatic N) is 1. The van der Waals surface area contributed by atoms with Crippen LogP contribution in [0.2, 0.25) is 0 Å². The average Bonchev–Trinajstić information content (AvgIpc) is 2.62. The van der Waals surface area contributed by atoms with Crippen LogP contribution in [0.3, 0.4) is 0 Å². The molecule has 2 rings (SSSR count). The van der Waals surface area contributed by atoms with Crippen molar-refractivity contribution < 1.29 is 8.42 Å². The third kappa shape index (κ3) is 5.86. The second-order valence-electron chi connectivity index (χ2n) is 5.99. The predicted molar refractivity (Wildman–Crippen MR) is 106 cm³/mol. The fraction of sp³-hybridized carbons (Fsp3) is 0.316. The van der Waals surface area contributed by atoms with Crippen molar-refractivity contribution in [1.82, 2.24) is 15.4 Å². The smallest absolute Gasteiger partial charge is 0.240 e. The molecule has 2 aromatic carbocycles. The molecule has 0 spiro atoms. The largest absolute Gasteiger partial charge is 0.355 e. The van der Waals surface area contributed by atoms with E-state index in [-0.39, 0.29) is 11.4 Å². The van der Waals surface area contributed by atoms with Gasteiger partial charge in [-0.05, 0) is 37.1 Å². The molecule has 0 aliphatic carbocycles. The lowest BCUT2D eigenvalue weighted by Crippen LogP contribution is -2.41. The Morgan fingerprint density at radius 3 is 2.31 bits per heavy atom. The summed E-state index contributed by atoms with van der Waals surface area (Å²) < 4.78 is 27.0. The molecule has 6 nitrogen and oxygen atoms in total. The number of hydrogen-bond acceptors (Lipinski definition) is 3. The maximum Gasteiger partial charge on any atom is 0.240 e. The van der Waals surface area contributed by atoms with E-state index in [1.165, 1.54) is 11.1 Å². The molecular formula is C19H26N4O2S. The number of hydrogen-bond donors (Lipinski definition) is 3. The van der Waals surface area contributed by atoms with E-state index in [2.05, 4.69) is 39.4 Å². The predicted octanol–water partition coefficient (Wildman–Crippen LogP) is 1.95. The van der Waals surface area contributed by atoms with Crippen LogP contribution < -0.4 is 15.4 Å². The van der Waals surface area contributed by atoms with E-state index < -0.39 is 10.0 Å². The molecule has 140 valence electrons. The van der Waals surface area contributed by atoms with Crippen LogP contribution >= 0.6 is 0 Å². The van der Waals surface area contributed by atoms with Gasteiger partial charge in [-0.2, -0.15) is 0 Å². The van der Waals surface area contributed by atoms with Crippen LogP contribution in [-0.2, 0) is 16.6 Å². The maximum atomic E-state index is 12.2. The van der Waals surface area contributed by atoms with Crippen molar-refractivity contribution in [2.75, 3.05) is 20.1 Å². The first kappa shape index (κ1) is 19.9. The van der Waals surface area contributed by atoms with E-state index in [0.717, 1.165) is 5.56 Å². The molecule has 0 aliphatic heterocycles. The molecule has 3 N–H and O–H groups in total. The van der Waals surface area contributed by atoms with Crippen LogP contribution in [0.4, 0.5) is 0 Å². The highest BCUT2D eigenvalue weighted by atomic mass is 32.2. The molecule has 0 heterocycles. The molecule has 0 unspecified atom stereocenters. The number of sulfonamides is 1. The summed E-state index contributed by atoms with van der Waals surface area (Å²) in [5.41, 5.74) is 3.42. The molecule has 7 heteroatoms. The zero-order chi connectivity index (χ0) is 19.0. The normalized spacial score (nSPS) is 12.0. The summed E-state index contributed by atoms with van der Waals surface area (Å²) in [6.07, 6.45) is 0. The second kappa shape index (κ2) is 9.35. The Labute approximate surface area is 155 Å². The van der Waals surface area contributed by atoms with Gasteiger partial charge in [0.05, 0.1) is 4.90 Å². The molecule has 0 saturated heterocycles. The first-order valence-corrected chi connectivity index (χ1v) is 9.96. The third-order valence-corrected chi connectivity index (χ3v) is 5.45. The molecule has 26 heavy (non-hydrogen) atoms. The van der Waals surface area contributed by atoms with Crippen LogP contribution in [0, 0.1) is 13.8 Å². The third-order valence-electron chi connectivity index (χ3n) is 3.97. The first-order valence-electron chi connectivity index (χ1n) is 8.48. The van der Waals surface area contributed by atoms with Crippen LogP contribution in [0.15, 0.2) is 58.4 Å². The summed E-state index contributed by atoms with van der Waals surface area (Å²) in [6.45, 7) is 5.33. The van der Waals surface area contributed by atoms with Gasteiger partial charge in [-0.25, -0.2) is 13.1 Å². The van der Waals surface area contributed by atoms with E-state index in [4.69, 9.17) is 0 Å². The van der Waals surface area contributed by atoms with Crippen LogP contribution in [0.25, 0.3) is 0 Å². The maximum absolute atomic E-state index is 12.2. The first-order chi connectivity index (χ1) is 12.4. The van der Waals surface area contributed by atoms with Crippen LogP contribution in [0.5, 0.6) is 0 Å².